The fourth-order valence-electron chi connectivity index (χ4n) is 3.90. The van der Waals surface area contributed by atoms with E-state index in [0.717, 1.165) is 38.5 Å². The fourth-order valence-corrected chi connectivity index (χ4v) is 3.90. The molecule has 5 nitrogen and oxygen atoms in total. The van der Waals surface area contributed by atoms with Crippen molar-refractivity contribution in [2.75, 3.05) is 20.8 Å². The molecule has 0 aliphatic heterocycles. The van der Waals surface area contributed by atoms with Crippen LogP contribution in [-0.2, 0) is 22.4 Å². The van der Waals surface area contributed by atoms with E-state index in [2.05, 4.69) is 63.7 Å². The second kappa shape index (κ2) is 10.0. The molecular formula is C24H28N2O3. The highest BCUT2D eigenvalue weighted by Gasteiger charge is 2.21. The normalized spacial score (nSPS) is 15.2. The van der Waals surface area contributed by atoms with Gasteiger partial charge in [0.25, 0.3) is 0 Å². The fraction of sp³-hybridized carbons (Fsp3) is 0.292. The van der Waals surface area contributed by atoms with Crippen molar-refractivity contribution in [3.63, 3.8) is 0 Å². The lowest BCUT2D eigenvalue weighted by atomic mass is 10.0. The third kappa shape index (κ3) is 4.94. The summed E-state index contributed by atoms with van der Waals surface area (Å²) in [6.07, 6.45) is 8.59. The average molecular weight is 392 g/mol. The number of fused-ring (bicyclic) bond motifs is 2. The van der Waals surface area contributed by atoms with E-state index in [1.54, 1.807) is 0 Å². The van der Waals surface area contributed by atoms with Crippen LogP contribution in [0.4, 0.5) is 0 Å². The summed E-state index contributed by atoms with van der Waals surface area (Å²) in [5.74, 6) is -0.327. The highest BCUT2D eigenvalue weighted by molar-refractivity contribution is 5.87. The smallest absolute Gasteiger partial charge is 0.330 e. The molecule has 0 saturated carbocycles. The molecule has 1 unspecified atom stereocenters. The van der Waals surface area contributed by atoms with E-state index in [4.69, 9.17) is 5.11 Å². The van der Waals surface area contributed by atoms with Crippen molar-refractivity contribution in [2.24, 2.45) is 0 Å². The van der Waals surface area contributed by atoms with Gasteiger partial charge >= 0.3 is 5.97 Å². The quantitative estimate of drug-likeness (QED) is 0.441. The van der Waals surface area contributed by atoms with Crippen LogP contribution < -0.4 is 5.32 Å². The zero-order valence-corrected chi connectivity index (χ0v) is 16.9. The number of carbonyl (C=O) groups is 1. The van der Waals surface area contributed by atoms with E-state index in [9.17, 15) is 4.79 Å². The maximum absolute atomic E-state index is 11.2. The number of H-pyrrole nitrogens is 1. The molecule has 1 aliphatic carbocycles. The largest absolute Gasteiger partial charge is 0.466 e. The first-order valence-electron chi connectivity index (χ1n) is 9.86. The van der Waals surface area contributed by atoms with Crippen LogP contribution in [0.1, 0.15) is 34.7 Å². The molecule has 1 aromatic heterocycles. The number of ether oxygens (including phenoxy) is 1. The van der Waals surface area contributed by atoms with Gasteiger partial charge in [0.1, 0.15) is 0 Å². The summed E-state index contributed by atoms with van der Waals surface area (Å²) in [4.78, 5) is 14.6. The number of aliphatic hydroxyl groups is 1. The lowest BCUT2D eigenvalue weighted by Crippen LogP contribution is -2.21. The molecule has 1 heterocycles. The number of hydrogen-bond acceptors (Lipinski definition) is 4. The minimum atomic E-state index is -0.327. The van der Waals surface area contributed by atoms with Crippen molar-refractivity contribution in [2.45, 2.75) is 25.3 Å². The lowest BCUT2D eigenvalue weighted by Gasteiger charge is -2.14. The number of esters is 1. The van der Waals surface area contributed by atoms with E-state index in [1.165, 1.54) is 40.8 Å². The van der Waals surface area contributed by atoms with E-state index >= 15 is 0 Å². The Morgan fingerprint density at radius 1 is 1.28 bits per heavy atom. The van der Waals surface area contributed by atoms with Gasteiger partial charge in [0.2, 0.25) is 0 Å². The second-order valence-corrected chi connectivity index (χ2v) is 6.97. The first-order valence-corrected chi connectivity index (χ1v) is 9.86. The first kappa shape index (κ1) is 20.8. The van der Waals surface area contributed by atoms with E-state index < -0.39 is 0 Å². The Morgan fingerprint density at radius 2 is 2.10 bits per heavy atom. The highest BCUT2D eigenvalue weighted by atomic mass is 16.5. The number of benzene rings is 2. The van der Waals surface area contributed by atoms with Crippen LogP contribution in [0.3, 0.4) is 0 Å². The number of aliphatic hydroxyl groups excluding tert-OH is 1. The number of rotatable bonds is 6. The van der Waals surface area contributed by atoms with Crippen molar-refractivity contribution in [3.8, 4) is 0 Å². The molecule has 0 bridgehead atoms. The Hall–Kier alpha value is -2.89. The molecule has 5 heteroatoms. The van der Waals surface area contributed by atoms with Gasteiger partial charge in [0.15, 0.2) is 0 Å². The average Bonchev–Trinajstić information content (AvgIpc) is 3.37. The summed E-state index contributed by atoms with van der Waals surface area (Å²) in [6.45, 7) is 0.954. The highest BCUT2D eigenvalue weighted by Crippen LogP contribution is 2.32. The van der Waals surface area contributed by atoms with Crippen LogP contribution in [0.2, 0.25) is 0 Å². The number of methoxy groups -OCH3 is 1. The molecule has 3 aromatic rings. The molecule has 1 atom stereocenters. The summed E-state index contributed by atoms with van der Waals surface area (Å²) in [6, 6.07) is 15.3. The summed E-state index contributed by atoms with van der Waals surface area (Å²) in [5, 5.41) is 12.0. The molecule has 29 heavy (non-hydrogen) atoms. The summed E-state index contributed by atoms with van der Waals surface area (Å²) >= 11 is 0. The molecule has 3 N–H and O–H groups in total. The number of carbonyl (C=O) groups excluding carboxylic acids is 1. The van der Waals surface area contributed by atoms with Crippen LogP contribution in [0.5, 0.6) is 0 Å². The summed E-state index contributed by atoms with van der Waals surface area (Å²) < 4.78 is 4.65. The molecule has 0 saturated heterocycles. The maximum atomic E-state index is 11.2. The summed E-state index contributed by atoms with van der Waals surface area (Å²) in [7, 11) is 2.39. The zero-order chi connectivity index (χ0) is 20.6. The predicted molar refractivity (Wildman–Crippen MR) is 117 cm³/mol. The second-order valence-electron chi connectivity index (χ2n) is 6.97. The number of hydrogen-bond donors (Lipinski definition) is 3. The van der Waals surface area contributed by atoms with Gasteiger partial charge in [-0.2, -0.15) is 0 Å². The number of aromatic amines is 1. The van der Waals surface area contributed by atoms with Gasteiger partial charge in [0.05, 0.1) is 7.11 Å². The van der Waals surface area contributed by atoms with Crippen LogP contribution in [-0.4, -0.2) is 36.8 Å². The third-order valence-corrected chi connectivity index (χ3v) is 5.32. The van der Waals surface area contributed by atoms with E-state index in [-0.39, 0.29) is 5.97 Å². The van der Waals surface area contributed by atoms with Gasteiger partial charge < -0.3 is 20.1 Å². The number of aryl methyl sites for hydroxylation is 1. The van der Waals surface area contributed by atoms with Gasteiger partial charge in [-0.25, -0.2) is 4.79 Å². The number of aromatic nitrogens is 1. The van der Waals surface area contributed by atoms with Crippen LogP contribution >= 0.6 is 0 Å². The molecular weight excluding hydrogens is 364 g/mol. The standard InChI is InChI=1S/C23H24N2O2.CH4O/c1-27-23(26)11-7-16-6-9-20-17(14-16)8-10-22(20)24-13-12-18-15-25-21-5-3-2-4-19(18)21;1-2/h2-7,9,11,14-15,22,24-25H,8,10,12-13H2,1H3;2H,1H3/b11-7+;. The third-order valence-electron chi connectivity index (χ3n) is 5.32. The Bertz CT molecular complexity index is 991. The molecule has 0 spiro atoms. The zero-order valence-electron chi connectivity index (χ0n) is 16.9. The Balaban J connectivity index is 0.00000117. The summed E-state index contributed by atoms with van der Waals surface area (Å²) in [5.41, 5.74) is 6.35. The molecule has 2 aromatic carbocycles. The van der Waals surface area contributed by atoms with Gasteiger partial charge in [-0.05, 0) is 60.2 Å². The molecule has 152 valence electrons. The van der Waals surface area contributed by atoms with Crippen LogP contribution in [0, 0.1) is 0 Å². The van der Waals surface area contributed by atoms with Crippen LogP contribution in [0.25, 0.3) is 17.0 Å². The van der Waals surface area contributed by atoms with Crippen molar-refractivity contribution >= 4 is 22.9 Å². The van der Waals surface area contributed by atoms with Gasteiger partial charge in [-0.3, -0.25) is 0 Å². The van der Waals surface area contributed by atoms with Crippen molar-refractivity contribution in [3.05, 3.63) is 77.0 Å². The van der Waals surface area contributed by atoms with Gasteiger partial charge in [0, 0.05) is 36.3 Å². The topological polar surface area (TPSA) is 74.3 Å². The van der Waals surface area contributed by atoms with Crippen molar-refractivity contribution in [1.29, 1.82) is 0 Å². The molecule has 0 amide bonds. The maximum Gasteiger partial charge on any atom is 0.330 e. The number of para-hydroxylation sites is 1. The minimum Gasteiger partial charge on any atom is -0.466 e. The number of nitrogens with one attached hydrogen (secondary N) is 2. The monoisotopic (exact) mass is 392 g/mol. The van der Waals surface area contributed by atoms with Crippen LogP contribution in [0.15, 0.2) is 54.7 Å². The molecule has 1 aliphatic rings. The lowest BCUT2D eigenvalue weighted by molar-refractivity contribution is -0.134. The van der Waals surface area contributed by atoms with Gasteiger partial charge in [-0.1, -0.05) is 36.4 Å². The van der Waals surface area contributed by atoms with Gasteiger partial charge in [-0.15, -0.1) is 0 Å². The molecule has 0 fully saturated rings. The minimum absolute atomic E-state index is 0.327. The Morgan fingerprint density at radius 3 is 2.93 bits per heavy atom. The van der Waals surface area contributed by atoms with E-state index in [1.807, 2.05) is 6.08 Å². The van der Waals surface area contributed by atoms with Crippen molar-refractivity contribution in [1.82, 2.24) is 10.3 Å². The Labute approximate surface area is 171 Å². The Kier molecular flexibility index (Phi) is 7.22. The predicted octanol–water partition coefficient (Wildman–Crippen LogP) is 3.78. The molecule has 0 radical (unpaired) electrons. The van der Waals surface area contributed by atoms with E-state index in [0.29, 0.717) is 6.04 Å². The molecule has 4 rings (SSSR count). The first-order chi connectivity index (χ1) is 14.2. The van der Waals surface area contributed by atoms with Crippen molar-refractivity contribution < 1.29 is 14.6 Å². The SMILES string of the molecule is CO.COC(=O)/C=C/c1ccc2c(c1)CCC2NCCc1c[nH]c2ccccc12.